The summed E-state index contributed by atoms with van der Waals surface area (Å²) in [6, 6.07) is 10.4. The Balaban J connectivity index is 1.69. The van der Waals surface area contributed by atoms with Gasteiger partial charge in [-0.3, -0.25) is 4.79 Å². The Morgan fingerprint density at radius 1 is 1.07 bits per heavy atom. The van der Waals surface area contributed by atoms with E-state index in [2.05, 4.69) is 57.9 Å². The molecular weight excluding hydrogens is 350 g/mol. The molecule has 1 aromatic carbocycles. The van der Waals surface area contributed by atoms with Crippen molar-refractivity contribution in [2.75, 3.05) is 49.6 Å². The van der Waals surface area contributed by atoms with Crippen molar-refractivity contribution in [3.63, 3.8) is 0 Å². The lowest BCUT2D eigenvalue weighted by Crippen LogP contribution is -2.47. The van der Waals surface area contributed by atoms with E-state index in [1.165, 1.54) is 11.3 Å². The molecule has 6 nitrogen and oxygen atoms in total. The summed E-state index contributed by atoms with van der Waals surface area (Å²) in [5.74, 6) is 0.634. The fraction of sp³-hybridized carbons (Fsp3) is 0.500. The van der Waals surface area contributed by atoms with Gasteiger partial charge in [0.25, 0.3) is 5.91 Å². The van der Waals surface area contributed by atoms with E-state index in [0.717, 1.165) is 51.3 Å². The van der Waals surface area contributed by atoms with Gasteiger partial charge in [-0.15, -0.1) is 0 Å². The van der Waals surface area contributed by atoms with Crippen molar-refractivity contribution in [2.45, 2.75) is 33.6 Å². The first-order valence-corrected chi connectivity index (χ1v) is 10.2. The average molecular weight is 382 g/mol. The molecule has 1 aliphatic rings. The van der Waals surface area contributed by atoms with Crippen LogP contribution in [-0.2, 0) is 0 Å². The third-order valence-corrected chi connectivity index (χ3v) is 5.18. The average Bonchev–Trinajstić information content (AvgIpc) is 2.71. The van der Waals surface area contributed by atoms with Crippen LogP contribution in [0.15, 0.2) is 30.3 Å². The first kappa shape index (κ1) is 20.1. The largest absolute Gasteiger partial charge is 0.368 e. The van der Waals surface area contributed by atoms with E-state index < -0.39 is 0 Å². The summed E-state index contributed by atoms with van der Waals surface area (Å²) in [4.78, 5) is 28.2. The fourth-order valence-electron chi connectivity index (χ4n) is 3.49. The number of hydrogen-bond acceptors (Lipinski definition) is 5. The summed E-state index contributed by atoms with van der Waals surface area (Å²) in [6.45, 7) is 10.5. The second-order valence-electron chi connectivity index (χ2n) is 7.59. The maximum Gasteiger partial charge on any atom is 0.272 e. The fourth-order valence-corrected chi connectivity index (χ4v) is 3.49. The Hall–Kier alpha value is -2.63. The molecule has 0 N–H and O–H groups in total. The van der Waals surface area contributed by atoms with Gasteiger partial charge in [-0.05, 0) is 44.0 Å². The maximum absolute atomic E-state index is 12.7. The SMILES string of the molecule is CCCCN(C)C(=O)c1cc(C)nc(N2CCN(c3cccc(C)c3)CC2)n1. The second kappa shape index (κ2) is 9.04. The second-order valence-corrected chi connectivity index (χ2v) is 7.59. The van der Waals surface area contributed by atoms with E-state index in [4.69, 9.17) is 0 Å². The first-order valence-electron chi connectivity index (χ1n) is 10.2. The standard InChI is InChI=1S/C22H31N5O/c1-5-6-10-25(4)21(28)20-16-18(3)23-22(24-20)27-13-11-26(12-14-27)19-9-7-8-17(2)15-19/h7-9,15-16H,5-6,10-14H2,1-4H3. The molecule has 28 heavy (non-hydrogen) atoms. The molecule has 0 aliphatic carbocycles. The summed E-state index contributed by atoms with van der Waals surface area (Å²) in [7, 11) is 1.84. The number of rotatable bonds is 6. The highest BCUT2D eigenvalue weighted by molar-refractivity contribution is 5.92. The number of aryl methyl sites for hydroxylation is 2. The Morgan fingerprint density at radius 2 is 1.79 bits per heavy atom. The number of carbonyl (C=O) groups is 1. The number of piperazine rings is 1. The van der Waals surface area contributed by atoms with Gasteiger partial charge in [-0.25, -0.2) is 9.97 Å². The van der Waals surface area contributed by atoms with Crippen LogP contribution in [0, 0.1) is 13.8 Å². The molecule has 2 heterocycles. The summed E-state index contributed by atoms with van der Waals surface area (Å²) in [6.07, 6.45) is 2.07. The predicted molar refractivity (Wildman–Crippen MR) is 114 cm³/mol. The molecule has 0 atom stereocenters. The zero-order valence-corrected chi connectivity index (χ0v) is 17.5. The van der Waals surface area contributed by atoms with Crippen molar-refractivity contribution in [3.8, 4) is 0 Å². The number of aromatic nitrogens is 2. The molecule has 3 rings (SSSR count). The molecule has 150 valence electrons. The topological polar surface area (TPSA) is 52.6 Å². The van der Waals surface area contributed by atoms with E-state index in [1.54, 1.807) is 11.0 Å². The van der Waals surface area contributed by atoms with Crippen molar-refractivity contribution < 1.29 is 4.79 Å². The Labute approximate surface area is 168 Å². The molecule has 6 heteroatoms. The van der Waals surface area contributed by atoms with Crippen molar-refractivity contribution in [2.24, 2.45) is 0 Å². The molecule has 1 saturated heterocycles. The molecule has 0 saturated carbocycles. The Bertz CT molecular complexity index is 814. The third-order valence-electron chi connectivity index (χ3n) is 5.18. The number of anilines is 2. The highest BCUT2D eigenvalue weighted by Gasteiger charge is 2.22. The van der Waals surface area contributed by atoms with Gasteiger partial charge in [0.15, 0.2) is 0 Å². The minimum absolute atomic E-state index is 0.0291. The molecule has 2 aromatic rings. The van der Waals surface area contributed by atoms with Crippen molar-refractivity contribution in [1.82, 2.24) is 14.9 Å². The van der Waals surface area contributed by atoms with Crippen LogP contribution in [-0.4, -0.2) is 60.5 Å². The predicted octanol–water partition coefficient (Wildman–Crippen LogP) is 3.29. The minimum Gasteiger partial charge on any atom is -0.368 e. The number of nitrogens with zero attached hydrogens (tertiary/aromatic N) is 5. The molecule has 1 aliphatic heterocycles. The quantitative estimate of drug-likeness (QED) is 0.768. The normalized spacial score (nSPS) is 14.3. The van der Waals surface area contributed by atoms with E-state index in [-0.39, 0.29) is 5.91 Å². The van der Waals surface area contributed by atoms with Crippen LogP contribution in [0.3, 0.4) is 0 Å². The zero-order valence-electron chi connectivity index (χ0n) is 17.5. The summed E-state index contributed by atoms with van der Waals surface area (Å²) < 4.78 is 0. The molecule has 1 amide bonds. The number of carbonyl (C=O) groups excluding carboxylic acids is 1. The van der Waals surface area contributed by atoms with E-state index in [0.29, 0.717) is 11.6 Å². The number of benzene rings is 1. The van der Waals surface area contributed by atoms with Crippen LogP contribution in [0.1, 0.15) is 41.5 Å². The number of amides is 1. The van der Waals surface area contributed by atoms with Crippen LogP contribution in [0.4, 0.5) is 11.6 Å². The van der Waals surface area contributed by atoms with Gasteiger partial charge in [0, 0.05) is 51.2 Å². The van der Waals surface area contributed by atoms with Crippen LogP contribution in [0.5, 0.6) is 0 Å². The number of hydrogen-bond donors (Lipinski definition) is 0. The van der Waals surface area contributed by atoms with Gasteiger partial charge in [0.2, 0.25) is 5.95 Å². The summed E-state index contributed by atoms with van der Waals surface area (Å²) >= 11 is 0. The number of unbranched alkanes of at least 4 members (excludes halogenated alkanes) is 1. The minimum atomic E-state index is -0.0291. The van der Waals surface area contributed by atoms with Gasteiger partial charge in [-0.2, -0.15) is 0 Å². The van der Waals surface area contributed by atoms with Crippen LogP contribution < -0.4 is 9.80 Å². The molecule has 0 unspecified atom stereocenters. The monoisotopic (exact) mass is 381 g/mol. The van der Waals surface area contributed by atoms with Crippen molar-refractivity contribution >= 4 is 17.5 Å². The van der Waals surface area contributed by atoms with Gasteiger partial charge >= 0.3 is 0 Å². The van der Waals surface area contributed by atoms with Gasteiger partial charge in [-0.1, -0.05) is 25.5 Å². The smallest absolute Gasteiger partial charge is 0.272 e. The van der Waals surface area contributed by atoms with E-state index in [1.807, 2.05) is 14.0 Å². The highest BCUT2D eigenvalue weighted by Crippen LogP contribution is 2.20. The molecule has 1 fully saturated rings. The molecular formula is C22H31N5O. The van der Waals surface area contributed by atoms with E-state index >= 15 is 0 Å². The van der Waals surface area contributed by atoms with Crippen molar-refractivity contribution in [1.29, 1.82) is 0 Å². The van der Waals surface area contributed by atoms with Gasteiger partial charge in [0.1, 0.15) is 5.69 Å². The van der Waals surface area contributed by atoms with E-state index in [9.17, 15) is 4.79 Å². The molecule has 1 aromatic heterocycles. The highest BCUT2D eigenvalue weighted by atomic mass is 16.2. The maximum atomic E-state index is 12.7. The van der Waals surface area contributed by atoms with Gasteiger partial charge < -0.3 is 14.7 Å². The Morgan fingerprint density at radius 3 is 2.46 bits per heavy atom. The van der Waals surface area contributed by atoms with Crippen molar-refractivity contribution in [3.05, 3.63) is 47.3 Å². The lowest BCUT2D eigenvalue weighted by molar-refractivity contribution is 0.0787. The van der Waals surface area contributed by atoms with Crippen LogP contribution >= 0.6 is 0 Å². The molecule has 0 spiro atoms. The third kappa shape index (κ3) is 4.80. The lowest BCUT2D eigenvalue weighted by Gasteiger charge is -2.36. The molecule has 0 bridgehead atoms. The lowest BCUT2D eigenvalue weighted by atomic mass is 10.2. The molecule has 0 radical (unpaired) electrons. The van der Waals surface area contributed by atoms with Gasteiger partial charge in [0.05, 0.1) is 0 Å². The first-order chi connectivity index (χ1) is 13.5. The zero-order chi connectivity index (χ0) is 20.1. The van der Waals surface area contributed by atoms with Crippen LogP contribution in [0.25, 0.3) is 0 Å². The summed E-state index contributed by atoms with van der Waals surface area (Å²) in [5.41, 5.74) is 3.86. The van der Waals surface area contributed by atoms with Crippen LogP contribution in [0.2, 0.25) is 0 Å². The summed E-state index contributed by atoms with van der Waals surface area (Å²) in [5, 5.41) is 0. The Kier molecular flexibility index (Phi) is 6.49.